The van der Waals surface area contributed by atoms with E-state index in [2.05, 4.69) is 5.32 Å². The van der Waals surface area contributed by atoms with Gasteiger partial charge in [-0.3, -0.25) is 9.59 Å². The molecule has 2 aromatic rings. The predicted molar refractivity (Wildman–Crippen MR) is 83.3 cm³/mol. The molecule has 1 amide bonds. The highest BCUT2D eigenvalue weighted by atomic mass is 35.5. The number of hydrogen-bond acceptors (Lipinski definition) is 2. The Morgan fingerprint density at radius 2 is 2.00 bits per heavy atom. The van der Waals surface area contributed by atoms with Crippen LogP contribution >= 0.6 is 23.2 Å². The topological polar surface area (TPSA) is 46.2 Å². The highest BCUT2D eigenvalue weighted by Gasteiger charge is 2.22. The van der Waals surface area contributed by atoms with Gasteiger partial charge >= 0.3 is 0 Å². The van der Waals surface area contributed by atoms with Crippen molar-refractivity contribution in [1.29, 1.82) is 0 Å². The molecular weight excluding hydrogens is 309 g/mol. The van der Waals surface area contributed by atoms with E-state index in [0.29, 0.717) is 21.3 Å². The maximum atomic E-state index is 12.4. The lowest BCUT2D eigenvalue weighted by atomic mass is 10.00. The van der Waals surface area contributed by atoms with Gasteiger partial charge in [0.25, 0.3) is 0 Å². The summed E-state index contributed by atoms with van der Waals surface area (Å²) in [5, 5.41) is 3.65. The number of amides is 1. The summed E-state index contributed by atoms with van der Waals surface area (Å²) in [6.45, 7) is 0. The molecule has 0 saturated carbocycles. The molecule has 1 aliphatic heterocycles. The summed E-state index contributed by atoms with van der Waals surface area (Å²) in [7, 11) is 0. The van der Waals surface area contributed by atoms with E-state index in [0.717, 1.165) is 11.1 Å². The fourth-order valence-electron chi connectivity index (χ4n) is 2.39. The van der Waals surface area contributed by atoms with Gasteiger partial charge in [-0.15, -0.1) is 0 Å². The second kappa shape index (κ2) is 5.51. The molecule has 0 fully saturated rings. The lowest BCUT2D eigenvalue weighted by molar-refractivity contribution is -0.115. The molecule has 0 aliphatic carbocycles. The number of benzene rings is 2. The molecule has 1 N–H and O–H groups in total. The second-order valence-corrected chi connectivity index (χ2v) is 5.79. The van der Waals surface area contributed by atoms with Crippen molar-refractivity contribution in [2.24, 2.45) is 0 Å². The van der Waals surface area contributed by atoms with E-state index in [9.17, 15) is 9.59 Å². The average Bonchev–Trinajstić information content (AvgIpc) is 2.76. The largest absolute Gasteiger partial charge is 0.325 e. The van der Waals surface area contributed by atoms with Gasteiger partial charge in [-0.1, -0.05) is 35.3 Å². The standard InChI is InChI=1S/C16H11Cl2NO2/c17-11-3-1-2-9(4-11)5-15(20)12-6-10-7-16(21)19-14(10)8-13(12)18/h1-4,6,8H,5,7H2,(H,19,21). The SMILES string of the molecule is O=C1Cc2cc(C(=O)Cc3cccc(Cl)c3)c(Cl)cc2N1. The first-order valence-electron chi connectivity index (χ1n) is 6.43. The van der Waals surface area contributed by atoms with Crippen molar-refractivity contribution in [1.82, 2.24) is 0 Å². The monoisotopic (exact) mass is 319 g/mol. The van der Waals surface area contributed by atoms with E-state index in [1.165, 1.54) is 0 Å². The fourth-order valence-corrected chi connectivity index (χ4v) is 2.87. The van der Waals surface area contributed by atoms with Gasteiger partial charge in [-0.05, 0) is 35.4 Å². The van der Waals surface area contributed by atoms with Crippen LogP contribution in [0.15, 0.2) is 36.4 Å². The number of ketones is 1. The Labute approximate surface area is 131 Å². The lowest BCUT2D eigenvalue weighted by Gasteiger charge is -2.07. The summed E-state index contributed by atoms with van der Waals surface area (Å²) in [6, 6.07) is 10.5. The molecule has 2 aromatic carbocycles. The van der Waals surface area contributed by atoms with E-state index in [1.54, 1.807) is 30.3 Å². The van der Waals surface area contributed by atoms with Gasteiger partial charge in [0.2, 0.25) is 5.91 Å². The quantitative estimate of drug-likeness (QED) is 0.872. The van der Waals surface area contributed by atoms with Crippen molar-refractivity contribution in [2.75, 3.05) is 5.32 Å². The smallest absolute Gasteiger partial charge is 0.228 e. The molecule has 0 bridgehead atoms. The van der Waals surface area contributed by atoms with Crippen molar-refractivity contribution >= 4 is 40.6 Å². The molecule has 0 spiro atoms. The zero-order chi connectivity index (χ0) is 15.0. The van der Waals surface area contributed by atoms with Gasteiger partial charge in [0.15, 0.2) is 5.78 Å². The number of fused-ring (bicyclic) bond motifs is 1. The number of rotatable bonds is 3. The number of nitrogens with one attached hydrogen (secondary N) is 1. The first-order chi connectivity index (χ1) is 10.0. The summed E-state index contributed by atoms with van der Waals surface area (Å²) in [5.41, 5.74) is 2.76. The number of halogens is 2. The molecule has 21 heavy (non-hydrogen) atoms. The molecule has 1 heterocycles. The summed E-state index contributed by atoms with van der Waals surface area (Å²) in [6.07, 6.45) is 0.504. The van der Waals surface area contributed by atoms with E-state index in [4.69, 9.17) is 23.2 Å². The summed E-state index contributed by atoms with van der Waals surface area (Å²) in [5.74, 6) is -0.176. The first kappa shape index (κ1) is 14.1. The van der Waals surface area contributed by atoms with Crippen LogP contribution in [0.25, 0.3) is 0 Å². The highest BCUT2D eigenvalue weighted by Crippen LogP contribution is 2.30. The predicted octanol–water partition coefficient (Wildman–Crippen LogP) is 3.91. The average molecular weight is 320 g/mol. The molecule has 0 radical (unpaired) electrons. The van der Waals surface area contributed by atoms with E-state index in [-0.39, 0.29) is 24.5 Å². The van der Waals surface area contributed by atoms with Gasteiger partial charge in [0.1, 0.15) is 0 Å². The van der Waals surface area contributed by atoms with Crippen LogP contribution in [-0.2, 0) is 17.6 Å². The van der Waals surface area contributed by atoms with Crippen molar-refractivity contribution in [3.05, 3.63) is 63.1 Å². The highest BCUT2D eigenvalue weighted by molar-refractivity contribution is 6.34. The van der Waals surface area contributed by atoms with Gasteiger partial charge in [-0.25, -0.2) is 0 Å². The molecule has 0 saturated heterocycles. The minimum absolute atomic E-state index is 0.0829. The molecule has 0 unspecified atom stereocenters. The fraction of sp³-hybridized carbons (Fsp3) is 0.125. The van der Waals surface area contributed by atoms with E-state index < -0.39 is 0 Å². The number of Topliss-reactive ketones (excluding diaryl/α,β-unsaturated/α-hetero) is 1. The third-order valence-electron chi connectivity index (χ3n) is 3.37. The molecular formula is C16H11Cl2NO2. The minimum atomic E-state index is -0.0931. The van der Waals surface area contributed by atoms with Gasteiger partial charge in [0.05, 0.1) is 11.4 Å². The van der Waals surface area contributed by atoms with Crippen LogP contribution in [-0.4, -0.2) is 11.7 Å². The van der Waals surface area contributed by atoms with Crippen molar-refractivity contribution in [3.8, 4) is 0 Å². The minimum Gasteiger partial charge on any atom is -0.325 e. The third-order valence-corrected chi connectivity index (χ3v) is 3.92. The molecule has 1 aliphatic rings. The Kier molecular flexibility index (Phi) is 3.70. The summed E-state index contributed by atoms with van der Waals surface area (Å²) in [4.78, 5) is 23.8. The first-order valence-corrected chi connectivity index (χ1v) is 7.18. The maximum absolute atomic E-state index is 12.4. The lowest BCUT2D eigenvalue weighted by Crippen LogP contribution is -2.05. The Hall–Kier alpha value is -1.84. The number of carbonyl (C=O) groups excluding carboxylic acids is 2. The molecule has 3 nitrogen and oxygen atoms in total. The Morgan fingerprint density at radius 3 is 2.76 bits per heavy atom. The van der Waals surface area contributed by atoms with Crippen LogP contribution in [0.1, 0.15) is 21.5 Å². The number of carbonyl (C=O) groups is 2. The summed E-state index contributed by atoms with van der Waals surface area (Å²) < 4.78 is 0. The van der Waals surface area contributed by atoms with Crippen molar-refractivity contribution in [3.63, 3.8) is 0 Å². The molecule has 0 aromatic heterocycles. The normalized spacial score (nSPS) is 13.0. The molecule has 106 valence electrons. The van der Waals surface area contributed by atoms with Crippen LogP contribution in [0.3, 0.4) is 0 Å². The second-order valence-electron chi connectivity index (χ2n) is 4.94. The zero-order valence-electron chi connectivity index (χ0n) is 11.0. The van der Waals surface area contributed by atoms with Crippen LogP contribution in [0.4, 0.5) is 5.69 Å². The van der Waals surface area contributed by atoms with Gasteiger partial charge < -0.3 is 5.32 Å². The number of anilines is 1. The van der Waals surface area contributed by atoms with Crippen LogP contribution in [0, 0.1) is 0 Å². The van der Waals surface area contributed by atoms with Crippen LogP contribution in [0.2, 0.25) is 10.0 Å². The third kappa shape index (κ3) is 2.94. The number of hydrogen-bond donors (Lipinski definition) is 1. The van der Waals surface area contributed by atoms with Crippen LogP contribution in [0.5, 0.6) is 0 Å². The molecule has 5 heteroatoms. The van der Waals surface area contributed by atoms with E-state index in [1.807, 2.05) is 6.07 Å². The van der Waals surface area contributed by atoms with E-state index >= 15 is 0 Å². The Balaban J connectivity index is 1.89. The van der Waals surface area contributed by atoms with Crippen molar-refractivity contribution in [2.45, 2.75) is 12.8 Å². The van der Waals surface area contributed by atoms with Crippen LogP contribution < -0.4 is 5.32 Å². The zero-order valence-corrected chi connectivity index (χ0v) is 12.5. The maximum Gasteiger partial charge on any atom is 0.228 e. The van der Waals surface area contributed by atoms with Crippen molar-refractivity contribution < 1.29 is 9.59 Å². The summed E-state index contributed by atoms with van der Waals surface area (Å²) >= 11 is 12.1. The molecule has 3 rings (SSSR count). The van der Waals surface area contributed by atoms with Gasteiger partial charge in [-0.2, -0.15) is 0 Å². The van der Waals surface area contributed by atoms with Gasteiger partial charge in [0, 0.05) is 22.7 Å². The Morgan fingerprint density at radius 1 is 1.19 bits per heavy atom. The molecule has 0 atom stereocenters. The Bertz CT molecular complexity index is 756.